The highest BCUT2D eigenvalue weighted by Crippen LogP contribution is 2.13. The Morgan fingerprint density at radius 1 is 1.13 bits per heavy atom. The molecule has 0 aliphatic heterocycles. The topological polar surface area (TPSA) is 72.7 Å². The summed E-state index contributed by atoms with van der Waals surface area (Å²) in [6.45, 7) is 2.40. The molecule has 0 atom stereocenters. The third-order valence-electron chi connectivity index (χ3n) is 3.30. The Hall–Kier alpha value is -3.02. The minimum Gasteiger partial charge on any atom is -0.350 e. The molecule has 116 valence electrons. The average molecular weight is 307 g/mol. The predicted octanol–water partition coefficient (Wildman–Crippen LogP) is 1.96. The van der Waals surface area contributed by atoms with Crippen molar-refractivity contribution in [1.29, 1.82) is 0 Å². The predicted molar refractivity (Wildman–Crippen MR) is 86.3 cm³/mol. The van der Waals surface area contributed by atoms with Crippen molar-refractivity contribution in [3.63, 3.8) is 0 Å². The van der Waals surface area contributed by atoms with Crippen molar-refractivity contribution in [2.45, 2.75) is 20.0 Å². The van der Waals surface area contributed by atoms with Gasteiger partial charge in [0.25, 0.3) is 0 Å². The molecule has 0 radical (unpaired) electrons. The first-order chi connectivity index (χ1) is 11.2. The van der Waals surface area contributed by atoms with Crippen molar-refractivity contribution in [2.75, 3.05) is 0 Å². The first-order valence-corrected chi connectivity index (χ1v) is 7.36. The summed E-state index contributed by atoms with van der Waals surface area (Å²) in [6.07, 6.45) is 1.69. The first-order valence-electron chi connectivity index (χ1n) is 7.36. The lowest BCUT2D eigenvalue weighted by Crippen LogP contribution is -2.27. The maximum atomic E-state index is 12.2. The molecule has 3 rings (SSSR count). The number of rotatable bonds is 5. The van der Waals surface area contributed by atoms with E-state index in [1.54, 1.807) is 17.8 Å². The Morgan fingerprint density at radius 2 is 1.91 bits per heavy atom. The molecule has 6 nitrogen and oxygen atoms in total. The van der Waals surface area contributed by atoms with E-state index in [1.807, 2.05) is 48.5 Å². The van der Waals surface area contributed by atoms with Crippen LogP contribution < -0.4 is 5.32 Å². The quantitative estimate of drug-likeness (QED) is 0.782. The van der Waals surface area contributed by atoms with Gasteiger partial charge in [0.2, 0.25) is 5.91 Å². The minimum atomic E-state index is -0.115. The van der Waals surface area contributed by atoms with Crippen LogP contribution in [0.5, 0.6) is 0 Å². The molecular formula is C17H17N5O. The first kappa shape index (κ1) is 14.9. The van der Waals surface area contributed by atoms with Gasteiger partial charge in [-0.3, -0.25) is 9.78 Å². The van der Waals surface area contributed by atoms with Crippen molar-refractivity contribution >= 4 is 5.91 Å². The van der Waals surface area contributed by atoms with Gasteiger partial charge < -0.3 is 5.32 Å². The Labute approximate surface area is 134 Å². The van der Waals surface area contributed by atoms with Gasteiger partial charge in [-0.05, 0) is 24.6 Å². The van der Waals surface area contributed by atoms with Crippen LogP contribution in [-0.2, 0) is 17.9 Å². The number of nitrogens with one attached hydrogen (secondary N) is 1. The number of hydrogen-bond donors (Lipinski definition) is 1. The largest absolute Gasteiger partial charge is 0.350 e. The van der Waals surface area contributed by atoms with Crippen LogP contribution in [0.15, 0.2) is 54.7 Å². The highest BCUT2D eigenvalue weighted by molar-refractivity contribution is 5.76. The number of benzene rings is 1. The second kappa shape index (κ2) is 6.83. The third-order valence-corrected chi connectivity index (χ3v) is 3.30. The van der Waals surface area contributed by atoms with Gasteiger partial charge in [0, 0.05) is 12.7 Å². The molecule has 2 heterocycles. The van der Waals surface area contributed by atoms with Crippen LogP contribution in [0.4, 0.5) is 0 Å². The summed E-state index contributed by atoms with van der Waals surface area (Å²) < 4.78 is 1.58. The molecule has 23 heavy (non-hydrogen) atoms. The molecule has 0 spiro atoms. The van der Waals surface area contributed by atoms with Crippen LogP contribution in [0.25, 0.3) is 11.5 Å². The summed E-state index contributed by atoms with van der Waals surface area (Å²) in [6, 6.07) is 15.3. The minimum absolute atomic E-state index is 0.111. The fourth-order valence-electron chi connectivity index (χ4n) is 2.24. The van der Waals surface area contributed by atoms with Gasteiger partial charge in [0.1, 0.15) is 18.1 Å². The molecule has 0 unspecified atom stereocenters. The summed E-state index contributed by atoms with van der Waals surface area (Å²) in [5, 5.41) is 7.17. The number of aryl methyl sites for hydroxylation is 1. The Balaban J connectivity index is 1.69. The summed E-state index contributed by atoms with van der Waals surface area (Å²) in [4.78, 5) is 20.8. The molecule has 0 saturated heterocycles. The number of nitrogens with zero attached hydrogens (tertiary/aromatic N) is 4. The lowest BCUT2D eigenvalue weighted by Gasteiger charge is -2.07. The summed E-state index contributed by atoms with van der Waals surface area (Å²) in [5.41, 5.74) is 1.75. The highest BCUT2D eigenvalue weighted by atomic mass is 16.2. The lowest BCUT2D eigenvalue weighted by molar-refractivity contribution is -0.122. The zero-order valence-corrected chi connectivity index (χ0v) is 12.8. The fourth-order valence-corrected chi connectivity index (χ4v) is 2.24. The number of hydrogen-bond acceptors (Lipinski definition) is 4. The SMILES string of the molecule is Cc1nc(-c2ccccn2)n(CC(=O)NCc2ccccc2)n1. The number of amides is 1. The van der Waals surface area contributed by atoms with Crippen molar-refractivity contribution in [2.24, 2.45) is 0 Å². The molecule has 3 aromatic rings. The van der Waals surface area contributed by atoms with Crippen LogP contribution in [0.3, 0.4) is 0 Å². The maximum Gasteiger partial charge on any atom is 0.242 e. The average Bonchev–Trinajstić information content (AvgIpc) is 2.95. The Kier molecular flexibility index (Phi) is 4.42. The van der Waals surface area contributed by atoms with Crippen LogP contribution in [0, 0.1) is 6.92 Å². The summed E-state index contributed by atoms with van der Waals surface area (Å²) >= 11 is 0. The van der Waals surface area contributed by atoms with Crippen molar-refractivity contribution in [3.8, 4) is 11.5 Å². The van der Waals surface area contributed by atoms with Crippen LogP contribution in [0.1, 0.15) is 11.4 Å². The van der Waals surface area contributed by atoms with Gasteiger partial charge in [-0.15, -0.1) is 0 Å². The molecule has 1 aromatic carbocycles. The van der Waals surface area contributed by atoms with E-state index < -0.39 is 0 Å². The van der Waals surface area contributed by atoms with Gasteiger partial charge in [-0.2, -0.15) is 5.10 Å². The Bertz CT molecular complexity index is 783. The fraction of sp³-hybridized carbons (Fsp3) is 0.176. The maximum absolute atomic E-state index is 12.2. The molecule has 2 aromatic heterocycles. The molecule has 6 heteroatoms. The van der Waals surface area contributed by atoms with Gasteiger partial charge >= 0.3 is 0 Å². The molecule has 1 N–H and O–H groups in total. The molecular weight excluding hydrogens is 290 g/mol. The number of carbonyl (C=O) groups excluding carboxylic acids is 1. The third kappa shape index (κ3) is 3.79. The molecule has 0 aliphatic carbocycles. The second-order valence-corrected chi connectivity index (χ2v) is 5.12. The number of aromatic nitrogens is 4. The van der Waals surface area contributed by atoms with E-state index in [2.05, 4.69) is 20.4 Å². The normalized spacial score (nSPS) is 10.5. The van der Waals surface area contributed by atoms with E-state index in [1.165, 1.54) is 0 Å². The summed E-state index contributed by atoms with van der Waals surface area (Å²) in [5.74, 6) is 1.09. The van der Waals surface area contributed by atoms with Gasteiger partial charge in [0.05, 0.1) is 0 Å². The van der Waals surface area contributed by atoms with Crippen molar-refractivity contribution < 1.29 is 4.79 Å². The molecule has 0 saturated carbocycles. The monoisotopic (exact) mass is 307 g/mol. The standard InChI is InChI=1S/C17H17N5O/c1-13-20-17(15-9-5-6-10-18-15)22(21-13)12-16(23)19-11-14-7-3-2-4-8-14/h2-10H,11-12H2,1H3,(H,19,23). The number of carbonyl (C=O) groups is 1. The van der Waals surface area contributed by atoms with E-state index in [0.717, 1.165) is 5.56 Å². The van der Waals surface area contributed by atoms with E-state index in [4.69, 9.17) is 0 Å². The smallest absolute Gasteiger partial charge is 0.242 e. The van der Waals surface area contributed by atoms with Crippen LogP contribution in [-0.4, -0.2) is 25.7 Å². The number of pyridine rings is 1. The van der Waals surface area contributed by atoms with Crippen LogP contribution >= 0.6 is 0 Å². The lowest BCUT2D eigenvalue weighted by atomic mass is 10.2. The van der Waals surface area contributed by atoms with E-state index in [0.29, 0.717) is 23.9 Å². The van der Waals surface area contributed by atoms with Crippen molar-refractivity contribution in [3.05, 3.63) is 66.1 Å². The van der Waals surface area contributed by atoms with E-state index in [-0.39, 0.29) is 12.5 Å². The highest BCUT2D eigenvalue weighted by Gasteiger charge is 2.13. The van der Waals surface area contributed by atoms with Crippen LogP contribution in [0.2, 0.25) is 0 Å². The molecule has 0 aliphatic rings. The van der Waals surface area contributed by atoms with E-state index in [9.17, 15) is 4.79 Å². The molecule has 0 bridgehead atoms. The zero-order valence-electron chi connectivity index (χ0n) is 12.8. The van der Waals surface area contributed by atoms with Crippen molar-refractivity contribution in [1.82, 2.24) is 25.1 Å². The zero-order chi connectivity index (χ0) is 16.1. The van der Waals surface area contributed by atoms with Gasteiger partial charge in [-0.25, -0.2) is 9.67 Å². The second-order valence-electron chi connectivity index (χ2n) is 5.12. The summed E-state index contributed by atoms with van der Waals surface area (Å²) in [7, 11) is 0. The molecule has 1 amide bonds. The van der Waals surface area contributed by atoms with E-state index >= 15 is 0 Å². The van der Waals surface area contributed by atoms with Gasteiger partial charge in [-0.1, -0.05) is 36.4 Å². The Morgan fingerprint density at radius 3 is 2.65 bits per heavy atom. The molecule has 0 fully saturated rings. The van der Waals surface area contributed by atoms with Gasteiger partial charge in [0.15, 0.2) is 5.82 Å².